The number of nitrogens with zero attached hydrogens (tertiary/aromatic N) is 1. The highest BCUT2D eigenvalue weighted by Crippen LogP contribution is 2.36. The molecular weight excluding hydrogens is 357 g/mol. The number of hydrogen-bond donors (Lipinski definition) is 0. The maximum atomic E-state index is 11.5. The molecule has 1 aliphatic rings. The van der Waals surface area contributed by atoms with Crippen molar-refractivity contribution in [3.8, 4) is 0 Å². The Morgan fingerprint density at radius 1 is 1.63 bits per heavy atom. The molecule has 0 aromatic carbocycles. The number of ether oxygens (including phenoxy) is 1. The second kappa shape index (κ2) is 6.54. The molecule has 0 N–H and O–H groups in total. The molecule has 1 aliphatic heterocycles. The van der Waals surface area contributed by atoms with E-state index in [1.807, 2.05) is 13.0 Å². The fourth-order valence-corrected chi connectivity index (χ4v) is 3.80. The van der Waals surface area contributed by atoms with Gasteiger partial charge in [-0.1, -0.05) is 0 Å². The zero-order valence-electron chi connectivity index (χ0n) is 11.0. The third-order valence-electron chi connectivity index (χ3n) is 3.57. The second-order valence-electron chi connectivity index (χ2n) is 4.75. The van der Waals surface area contributed by atoms with E-state index in [9.17, 15) is 9.59 Å². The number of aromatic nitrogens is 1. The first-order valence-corrected chi connectivity index (χ1v) is 7.75. The zero-order chi connectivity index (χ0) is 13.8. The van der Waals surface area contributed by atoms with Crippen LogP contribution in [0.15, 0.2) is 6.07 Å². The Kier molecular flexibility index (Phi) is 5.01. The van der Waals surface area contributed by atoms with Crippen molar-refractivity contribution < 1.29 is 14.3 Å². The van der Waals surface area contributed by atoms with Crippen LogP contribution in [-0.4, -0.2) is 23.4 Å². The SMILES string of the molecule is CCOC(=O)CCC1CCCn2c(C=O)cc(I)c21. The molecule has 1 aromatic heterocycles. The number of carbonyl (C=O) groups excluding carboxylic acids is 2. The quantitative estimate of drug-likeness (QED) is 0.452. The van der Waals surface area contributed by atoms with Gasteiger partial charge < -0.3 is 9.30 Å². The minimum atomic E-state index is -0.128. The average Bonchev–Trinajstić information content (AvgIpc) is 2.74. The van der Waals surface area contributed by atoms with Crippen LogP contribution in [0.1, 0.15) is 54.7 Å². The van der Waals surface area contributed by atoms with Gasteiger partial charge in [-0.05, 0) is 54.8 Å². The van der Waals surface area contributed by atoms with Crippen molar-refractivity contribution in [2.24, 2.45) is 0 Å². The maximum absolute atomic E-state index is 11.5. The molecule has 0 aliphatic carbocycles. The lowest BCUT2D eigenvalue weighted by Gasteiger charge is -2.26. The van der Waals surface area contributed by atoms with E-state index in [4.69, 9.17) is 4.74 Å². The standard InChI is InChI=1S/C14H18INO3/c1-2-19-13(18)6-5-10-4-3-7-16-11(9-17)8-12(15)14(10)16/h8-10H,2-7H2,1H3. The van der Waals surface area contributed by atoms with Gasteiger partial charge in [0.1, 0.15) is 0 Å². The number of esters is 1. The fraction of sp³-hybridized carbons (Fsp3) is 0.571. The number of hydrogen-bond acceptors (Lipinski definition) is 3. The van der Waals surface area contributed by atoms with Gasteiger partial charge in [0.2, 0.25) is 0 Å². The molecule has 5 heteroatoms. The summed E-state index contributed by atoms with van der Waals surface area (Å²) in [4.78, 5) is 22.5. The van der Waals surface area contributed by atoms with E-state index in [1.54, 1.807) is 0 Å². The molecule has 2 heterocycles. The molecule has 0 spiro atoms. The number of aldehydes is 1. The van der Waals surface area contributed by atoms with Gasteiger partial charge in [0, 0.05) is 28.1 Å². The molecule has 1 atom stereocenters. The molecule has 104 valence electrons. The summed E-state index contributed by atoms with van der Waals surface area (Å²) < 4.78 is 8.21. The van der Waals surface area contributed by atoms with Crippen LogP contribution in [0.25, 0.3) is 0 Å². The van der Waals surface area contributed by atoms with Crippen molar-refractivity contribution >= 4 is 34.8 Å². The van der Waals surface area contributed by atoms with Crippen LogP contribution in [0.5, 0.6) is 0 Å². The first kappa shape index (κ1) is 14.6. The molecule has 0 fully saturated rings. The minimum Gasteiger partial charge on any atom is -0.466 e. The lowest BCUT2D eigenvalue weighted by molar-refractivity contribution is -0.143. The summed E-state index contributed by atoms with van der Waals surface area (Å²) in [7, 11) is 0. The van der Waals surface area contributed by atoms with Crippen molar-refractivity contribution in [3.05, 3.63) is 21.0 Å². The largest absolute Gasteiger partial charge is 0.466 e. The number of rotatable bonds is 5. The van der Waals surface area contributed by atoms with E-state index in [0.717, 1.165) is 41.4 Å². The molecule has 0 bridgehead atoms. The van der Waals surface area contributed by atoms with Crippen LogP contribution >= 0.6 is 22.6 Å². The molecule has 2 rings (SSSR count). The van der Waals surface area contributed by atoms with Gasteiger partial charge in [0.05, 0.1) is 12.3 Å². The van der Waals surface area contributed by atoms with E-state index in [1.165, 1.54) is 5.69 Å². The average molecular weight is 375 g/mol. The van der Waals surface area contributed by atoms with Gasteiger partial charge in [-0.2, -0.15) is 0 Å². The van der Waals surface area contributed by atoms with E-state index in [2.05, 4.69) is 27.2 Å². The lowest BCUT2D eigenvalue weighted by Crippen LogP contribution is -2.19. The Balaban J connectivity index is 2.11. The van der Waals surface area contributed by atoms with Gasteiger partial charge in [-0.3, -0.25) is 9.59 Å². The van der Waals surface area contributed by atoms with Crippen LogP contribution < -0.4 is 0 Å². The van der Waals surface area contributed by atoms with E-state index in [-0.39, 0.29) is 5.97 Å². The molecule has 0 amide bonds. The predicted octanol–water partition coefficient (Wildman–Crippen LogP) is 3.13. The smallest absolute Gasteiger partial charge is 0.305 e. The monoisotopic (exact) mass is 375 g/mol. The Labute approximate surface area is 126 Å². The molecule has 1 aromatic rings. The van der Waals surface area contributed by atoms with Crippen LogP contribution in [0, 0.1) is 3.57 Å². The van der Waals surface area contributed by atoms with Crippen LogP contribution in [0.2, 0.25) is 0 Å². The predicted molar refractivity (Wildman–Crippen MR) is 80.4 cm³/mol. The molecule has 4 nitrogen and oxygen atoms in total. The Bertz CT molecular complexity index is 481. The third kappa shape index (κ3) is 3.19. The first-order valence-electron chi connectivity index (χ1n) is 6.67. The number of fused-ring (bicyclic) bond motifs is 1. The topological polar surface area (TPSA) is 48.3 Å². The van der Waals surface area contributed by atoms with Gasteiger partial charge in [0.15, 0.2) is 6.29 Å². The maximum Gasteiger partial charge on any atom is 0.305 e. The summed E-state index contributed by atoms with van der Waals surface area (Å²) >= 11 is 2.28. The molecule has 0 saturated carbocycles. The van der Waals surface area contributed by atoms with Crippen molar-refractivity contribution in [1.29, 1.82) is 0 Å². The highest BCUT2D eigenvalue weighted by molar-refractivity contribution is 14.1. The molecule has 19 heavy (non-hydrogen) atoms. The van der Waals surface area contributed by atoms with Crippen LogP contribution in [-0.2, 0) is 16.1 Å². The molecular formula is C14H18INO3. The van der Waals surface area contributed by atoms with E-state index < -0.39 is 0 Å². The lowest BCUT2D eigenvalue weighted by atomic mass is 9.91. The minimum absolute atomic E-state index is 0.128. The summed E-state index contributed by atoms with van der Waals surface area (Å²) in [6.07, 6.45) is 4.32. The fourth-order valence-electron chi connectivity index (χ4n) is 2.75. The molecule has 0 saturated heterocycles. The Hall–Kier alpha value is -0.850. The Morgan fingerprint density at radius 2 is 2.42 bits per heavy atom. The van der Waals surface area contributed by atoms with Crippen molar-refractivity contribution in [1.82, 2.24) is 4.57 Å². The summed E-state index contributed by atoms with van der Waals surface area (Å²) in [6.45, 7) is 3.16. The number of halogens is 1. The summed E-state index contributed by atoms with van der Waals surface area (Å²) in [5, 5.41) is 0. The summed E-state index contributed by atoms with van der Waals surface area (Å²) in [5.41, 5.74) is 1.97. The summed E-state index contributed by atoms with van der Waals surface area (Å²) in [6, 6.07) is 1.94. The summed E-state index contributed by atoms with van der Waals surface area (Å²) in [5.74, 6) is 0.232. The highest BCUT2D eigenvalue weighted by atomic mass is 127. The first-order chi connectivity index (χ1) is 9.17. The second-order valence-corrected chi connectivity index (χ2v) is 5.92. The van der Waals surface area contributed by atoms with Crippen molar-refractivity contribution in [2.75, 3.05) is 6.61 Å². The Morgan fingerprint density at radius 3 is 3.11 bits per heavy atom. The normalized spacial score (nSPS) is 17.9. The molecule has 0 radical (unpaired) electrons. The third-order valence-corrected chi connectivity index (χ3v) is 4.43. The van der Waals surface area contributed by atoms with Crippen molar-refractivity contribution in [3.63, 3.8) is 0 Å². The van der Waals surface area contributed by atoms with Crippen molar-refractivity contribution in [2.45, 2.75) is 45.1 Å². The van der Waals surface area contributed by atoms with Gasteiger partial charge in [0.25, 0.3) is 0 Å². The van der Waals surface area contributed by atoms with Crippen LogP contribution in [0.3, 0.4) is 0 Å². The van der Waals surface area contributed by atoms with E-state index in [0.29, 0.717) is 18.9 Å². The molecule has 1 unspecified atom stereocenters. The van der Waals surface area contributed by atoms with Gasteiger partial charge in [-0.15, -0.1) is 0 Å². The highest BCUT2D eigenvalue weighted by Gasteiger charge is 2.26. The van der Waals surface area contributed by atoms with E-state index >= 15 is 0 Å². The van der Waals surface area contributed by atoms with Gasteiger partial charge >= 0.3 is 5.97 Å². The van der Waals surface area contributed by atoms with Crippen LogP contribution in [0.4, 0.5) is 0 Å². The zero-order valence-corrected chi connectivity index (χ0v) is 13.2. The number of carbonyl (C=O) groups is 2. The van der Waals surface area contributed by atoms with Gasteiger partial charge in [-0.25, -0.2) is 0 Å².